The molecule has 2 nitrogen and oxygen atoms in total. The molecule has 2 unspecified atom stereocenters. The molecule has 19 heavy (non-hydrogen) atoms. The highest BCUT2D eigenvalue weighted by Crippen LogP contribution is 2.57. The summed E-state index contributed by atoms with van der Waals surface area (Å²) in [5.74, 6) is 1.82. The number of ether oxygens (including phenoxy) is 1. The van der Waals surface area contributed by atoms with Gasteiger partial charge in [0.1, 0.15) is 11.5 Å². The Morgan fingerprint density at radius 1 is 1.42 bits per heavy atom. The smallest absolute Gasteiger partial charge is 0.133 e. The van der Waals surface area contributed by atoms with Crippen LogP contribution in [0.3, 0.4) is 0 Å². The first-order chi connectivity index (χ1) is 8.78. The summed E-state index contributed by atoms with van der Waals surface area (Å²) >= 11 is 3.40. The first-order valence-corrected chi connectivity index (χ1v) is 7.33. The van der Waals surface area contributed by atoms with Crippen LogP contribution in [0, 0.1) is 11.3 Å². The fraction of sp³-hybridized carbons (Fsp3) is 0.500. The largest absolute Gasteiger partial charge is 0.508 e. The molecule has 0 heterocycles. The summed E-state index contributed by atoms with van der Waals surface area (Å²) in [4.78, 5) is 0. The van der Waals surface area contributed by atoms with Crippen LogP contribution in [-0.4, -0.2) is 12.2 Å². The summed E-state index contributed by atoms with van der Waals surface area (Å²) < 4.78 is 6.13. The van der Waals surface area contributed by atoms with Gasteiger partial charge in [0.15, 0.2) is 0 Å². The van der Waals surface area contributed by atoms with Crippen molar-refractivity contribution >= 4 is 15.9 Å². The maximum absolute atomic E-state index is 10.3. The third kappa shape index (κ3) is 2.29. The molecular weight excluding hydrogens is 304 g/mol. The van der Waals surface area contributed by atoms with Crippen LogP contribution in [0.2, 0.25) is 0 Å². The Bertz CT molecular complexity index is 520. The lowest BCUT2D eigenvalue weighted by molar-refractivity contribution is 0.330. The highest BCUT2D eigenvalue weighted by atomic mass is 79.9. The lowest BCUT2D eigenvalue weighted by Crippen LogP contribution is -2.20. The number of benzene rings is 1. The first kappa shape index (κ1) is 14.4. The molecule has 1 aromatic carbocycles. The Kier molecular flexibility index (Phi) is 3.69. The van der Waals surface area contributed by atoms with E-state index in [-0.39, 0.29) is 11.3 Å². The van der Waals surface area contributed by atoms with Crippen LogP contribution in [0.1, 0.15) is 38.7 Å². The summed E-state index contributed by atoms with van der Waals surface area (Å²) in [6, 6.07) is 3.67. The topological polar surface area (TPSA) is 29.5 Å². The quantitative estimate of drug-likeness (QED) is 0.786. The van der Waals surface area contributed by atoms with Crippen LogP contribution < -0.4 is 4.74 Å². The Labute approximate surface area is 123 Å². The van der Waals surface area contributed by atoms with Crippen molar-refractivity contribution in [2.75, 3.05) is 7.11 Å². The molecular formula is C16H21BrO2. The van der Waals surface area contributed by atoms with Gasteiger partial charge in [0.2, 0.25) is 0 Å². The molecule has 0 aliphatic heterocycles. The molecule has 1 aromatic rings. The molecule has 1 aliphatic rings. The molecule has 0 saturated heterocycles. The monoisotopic (exact) mass is 324 g/mol. The predicted molar refractivity (Wildman–Crippen MR) is 81.8 cm³/mol. The van der Waals surface area contributed by atoms with Gasteiger partial charge in [-0.25, -0.2) is 0 Å². The van der Waals surface area contributed by atoms with Crippen molar-refractivity contribution in [2.45, 2.75) is 33.1 Å². The highest BCUT2D eigenvalue weighted by molar-refractivity contribution is 9.10. The first-order valence-electron chi connectivity index (χ1n) is 6.53. The molecule has 3 heteroatoms. The van der Waals surface area contributed by atoms with E-state index < -0.39 is 0 Å². The van der Waals surface area contributed by atoms with E-state index in [1.54, 1.807) is 13.2 Å². The molecule has 0 aromatic heterocycles. The number of phenols is 1. The van der Waals surface area contributed by atoms with Crippen molar-refractivity contribution in [1.29, 1.82) is 0 Å². The summed E-state index contributed by atoms with van der Waals surface area (Å²) in [5.41, 5.74) is 2.21. The van der Waals surface area contributed by atoms with E-state index in [4.69, 9.17) is 4.74 Å². The molecule has 2 atom stereocenters. The van der Waals surface area contributed by atoms with Gasteiger partial charge in [-0.05, 0) is 51.7 Å². The van der Waals surface area contributed by atoms with E-state index in [0.717, 1.165) is 22.2 Å². The number of rotatable bonds is 2. The second kappa shape index (κ2) is 4.86. The molecule has 1 aliphatic carbocycles. The van der Waals surface area contributed by atoms with E-state index in [1.165, 1.54) is 5.57 Å². The molecule has 0 radical (unpaired) electrons. The number of hydrogen-bond donors (Lipinski definition) is 1. The number of aromatic hydroxyl groups is 1. The van der Waals surface area contributed by atoms with Crippen LogP contribution in [-0.2, 0) is 0 Å². The van der Waals surface area contributed by atoms with E-state index in [0.29, 0.717) is 11.7 Å². The maximum Gasteiger partial charge on any atom is 0.133 e. The number of halogens is 1. The van der Waals surface area contributed by atoms with Crippen molar-refractivity contribution in [1.82, 2.24) is 0 Å². The summed E-state index contributed by atoms with van der Waals surface area (Å²) in [6.07, 6.45) is 1.01. The van der Waals surface area contributed by atoms with Gasteiger partial charge < -0.3 is 9.84 Å². The lowest BCUT2D eigenvalue weighted by Gasteiger charge is -2.31. The normalized spacial score (nSPS) is 25.6. The fourth-order valence-corrected chi connectivity index (χ4v) is 3.85. The second-order valence-electron chi connectivity index (χ2n) is 6.03. The number of hydrogen-bond acceptors (Lipinski definition) is 2. The minimum absolute atomic E-state index is 0.00423. The van der Waals surface area contributed by atoms with Gasteiger partial charge in [0.05, 0.1) is 11.6 Å². The zero-order valence-corrected chi connectivity index (χ0v) is 13.5. The highest BCUT2D eigenvalue weighted by Gasteiger charge is 2.44. The molecule has 0 amide bonds. The molecule has 0 spiro atoms. The third-order valence-electron chi connectivity index (χ3n) is 4.46. The second-order valence-corrected chi connectivity index (χ2v) is 6.88. The van der Waals surface area contributed by atoms with Gasteiger partial charge in [-0.3, -0.25) is 0 Å². The zero-order chi connectivity index (χ0) is 14.4. The molecule has 0 bridgehead atoms. The van der Waals surface area contributed by atoms with Crippen molar-refractivity contribution in [3.63, 3.8) is 0 Å². The Morgan fingerprint density at radius 2 is 2.05 bits per heavy atom. The third-order valence-corrected chi connectivity index (χ3v) is 5.08. The number of phenolic OH excluding ortho intramolecular Hbond substituents is 1. The van der Waals surface area contributed by atoms with Gasteiger partial charge in [-0.15, -0.1) is 0 Å². The van der Waals surface area contributed by atoms with Gasteiger partial charge in [0, 0.05) is 5.56 Å². The molecule has 1 saturated carbocycles. The van der Waals surface area contributed by atoms with E-state index in [1.807, 2.05) is 6.07 Å². The van der Waals surface area contributed by atoms with Gasteiger partial charge in [0.25, 0.3) is 0 Å². The maximum atomic E-state index is 10.3. The molecule has 1 N–H and O–H groups in total. The Morgan fingerprint density at radius 3 is 2.53 bits per heavy atom. The average molecular weight is 325 g/mol. The standard InChI is InChI=1S/C16H21BrO2/c1-9-6-10(2)16(3,4)15(9)11-7-14(19-5)12(17)8-13(11)18/h7-9,15,18H,2,6H2,1,3-5H3. The Balaban J connectivity index is 2.55. The lowest BCUT2D eigenvalue weighted by atomic mass is 9.73. The minimum Gasteiger partial charge on any atom is -0.508 e. The van der Waals surface area contributed by atoms with Crippen molar-refractivity contribution in [2.24, 2.45) is 11.3 Å². The minimum atomic E-state index is -0.00423. The summed E-state index contributed by atoms with van der Waals surface area (Å²) in [7, 11) is 1.64. The van der Waals surface area contributed by atoms with Crippen LogP contribution in [0.25, 0.3) is 0 Å². The van der Waals surface area contributed by atoms with Gasteiger partial charge >= 0.3 is 0 Å². The van der Waals surface area contributed by atoms with Crippen LogP contribution in [0.5, 0.6) is 11.5 Å². The summed E-state index contributed by atoms with van der Waals surface area (Å²) in [5, 5.41) is 10.3. The van der Waals surface area contributed by atoms with E-state index in [9.17, 15) is 5.11 Å². The van der Waals surface area contributed by atoms with Crippen molar-refractivity contribution in [3.8, 4) is 11.5 Å². The van der Waals surface area contributed by atoms with Crippen LogP contribution >= 0.6 is 15.9 Å². The molecule has 2 rings (SSSR count). The zero-order valence-electron chi connectivity index (χ0n) is 12.0. The van der Waals surface area contributed by atoms with E-state index >= 15 is 0 Å². The fourth-order valence-electron chi connectivity index (χ4n) is 3.36. The predicted octanol–water partition coefficient (Wildman–Crippen LogP) is 4.87. The number of methoxy groups -OCH3 is 1. The van der Waals surface area contributed by atoms with Gasteiger partial charge in [-0.1, -0.05) is 32.9 Å². The van der Waals surface area contributed by atoms with Crippen LogP contribution in [0.15, 0.2) is 28.8 Å². The van der Waals surface area contributed by atoms with Gasteiger partial charge in [-0.2, -0.15) is 0 Å². The summed E-state index contributed by atoms with van der Waals surface area (Å²) in [6.45, 7) is 10.8. The van der Waals surface area contributed by atoms with Crippen molar-refractivity contribution in [3.05, 3.63) is 34.3 Å². The van der Waals surface area contributed by atoms with E-state index in [2.05, 4.69) is 43.3 Å². The number of allylic oxidation sites excluding steroid dienone is 1. The molecule has 1 fully saturated rings. The molecule has 104 valence electrons. The average Bonchev–Trinajstić information content (AvgIpc) is 2.50. The van der Waals surface area contributed by atoms with Crippen LogP contribution in [0.4, 0.5) is 0 Å². The Hall–Kier alpha value is -0.960. The SMILES string of the molecule is C=C1CC(C)C(c2cc(OC)c(Br)cc2O)C1(C)C. The van der Waals surface area contributed by atoms with Crippen molar-refractivity contribution < 1.29 is 9.84 Å².